The highest BCUT2D eigenvalue weighted by molar-refractivity contribution is 6.32. The van der Waals surface area contributed by atoms with Gasteiger partial charge in [0, 0.05) is 11.4 Å². The third kappa shape index (κ3) is 3.27. The molecule has 0 bridgehead atoms. The number of hydrogen-bond acceptors (Lipinski definition) is 2. The summed E-state index contributed by atoms with van der Waals surface area (Å²) in [5, 5.41) is 12.6. The maximum Gasteiger partial charge on any atom is 0.101 e. The molecule has 1 N–H and O–H groups in total. The van der Waals surface area contributed by atoms with Gasteiger partial charge in [-0.3, -0.25) is 0 Å². The molecule has 0 radical (unpaired) electrons. The summed E-state index contributed by atoms with van der Waals surface area (Å²) in [4.78, 5) is 0. The van der Waals surface area contributed by atoms with Gasteiger partial charge in [-0.2, -0.15) is 5.26 Å². The Hall–Kier alpha value is -1.98. The highest BCUT2D eigenvalue weighted by Gasteiger charge is 2.02. The Morgan fingerprint density at radius 2 is 1.68 bits per heavy atom. The highest BCUT2D eigenvalue weighted by Crippen LogP contribution is 2.24. The predicted octanol–water partition coefficient (Wildman–Crippen LogP) is 5.08. The second kappa shape index (κ2) is 5.77. The van der Waals surface area contributed by atoms with Crippen molar-refractivity contribution in [3.63, 3.8) is 0 Å². The second-order valence-corrected chi connectivity index (χ2v) is 5.12. The topological polar surface area (TPSA) is 35.8 Å². The van der Waals surface area contributed by atoms with Gasteiger partial charge in [-0.1, -0.05) is 37.6 Å². The lowest BCUT2D eigenvalue weighted by Crippen LogP contribution is -1.92. The summed E-state index contributed by atoms with van der Waals surface area (Å²) in [5.41, 5.74) is 3.68. The third-order valence-electron chi connectivity index (χ3n) is 2.96. The summed E-state index contributed by atoms with van der Waals surface area (Å²) in [6.45, 7) is 4.34. The molecule has 0 saturated carbocycles. The van der Waals surface area contributed by atoms with Crippen LogP contribution in [-0.2, 0) is 0 Å². The Morgan fingerprint density at radius 3 is 2.21 bits per heavy atom. The molecular formula is C16H15ClN2. The smallest absolute Gasteiger partial charge is 0.101 e. The van der Waals surface area contributed by atoms with Crippen molar-refractivity contribution in [2.45, 2.75) is 19.8 Å². The van der Waals surface area contributed by atoms with Crippen molar-refractivity contribution in [3.8, 4) is 6.07 Å². The normalized spacial score (nSPS) is 10.3. The van der Waals surface area contributed by atoms with E-state index in [9.17, 15) is 0 Å². The summed E-state index contributed by atoms with van der Waals surface area (Å²) >= 11 is 6.00. The first kappa shape index (κ1) is 13.5. The van der Waals surface area contributed by atoms with E-state index >= 15 is 0 Å². The van der Waals surface area contributed by atoms with Gasteiger partial charge in [-0.25, -0.2) is 0 Å². The SMILES string of the molecule is CC(C)c1ccc(Nc2ccc(C#N)c(Cl)c2)cc1. The van der Waals surface area contributed by atoms with Gasteiger partial charge < -0.3 is 5.32 Å². The number of nitrogens with one attached hydrogen (secondary N) is 1. The molecule has 0 aliphatic heterocycles. The van der Waals surface area contributed by atoms with E-state index in [0.717, 1.165) is 11.4 Å². The maximum absolute atomic E-state index is 8.83. The minimum atomic E-state index is 0.464. The van der Waals surface area contributed by atoms with Gasteiger partial charge >= 0.3 is 0 Å². The Bertz CT molecular complexity index is 610. The number of nitrogens with zero attached hydrogens (tertiary/aromatic N) is 1. The number of hydrogen-bond donors (Lipinski definition) is 1. The van der Waals surface area contributed by atoms with Gasteiger partial charge in [0.1, 0.15) is 6.07 Å². The van der Waals surface area contributed by atoms with Crippen molar-refractivity contribution in [1.29, 1.82) is 5.26 Å². The van der Waals surface area contributed by atoms with Crippen LogP contribution < -0.4 is 5.32 Å². The lowest BCUT2D eigenvalue weighted by atomic mass is 10.0. The molecule has 2 aromatic carbocycles. The summed E-state index contributed by atoms with van der Waals surface area (Å²) in [5.74, 6) is 0.526. The zero-order chi connectivity index (χ0) is 13.8. The molecule has 0 fully saturated rings. The van der Waals surface area contributed by atoms with Crippen LogP contribution in [0.5, 0.6) is 0 Å². The zero-order valence-corrected chi connectivity index (χ0v) is 11.7. The van der Waals surface area contributed by atoms with E-state index in [1.54, 1.807) is 12.1 Å². The average Bonchev–Trinajstić information content (AvgIpc) is 2.39. The molecule has 96 valence electrons. The van der Waals surface area contributed by atoms with Crippen LogP contribution in [0.25, 0.3) is 0 Å². The van der Waals surface area contributed by atoms with Gasteiger partial charge in [-0.05, 0) is 41.8 Å². The summed E-state index contributed by atoms with van der Waals surface area (Å²) in [6.07, 6.45) is 0. The molecule has 19 heavy (non-hydrogen) atoms. The van der Waals surface area contributed by atoms with Crippen molar-refractivity contribution in [3.05, 3.63) is 58.6 Å². The van der Waals surface area contributed by atoms with Crippen molar-refractivity contribution < 1.29 is 0 Å². The van der Waals surface area contributed by atoms with Gasteiger partial charge in [0.05, 0.1) is 10.6 Å². The Morgan fingerprint density at radius 1 is 1.05 bits per heavy atom. The summed E-state index contributed by atoms with van der Waals surface area (Å²) in [7, 11) is 0. The van der Waals surface area contributed by atoms with Crippen LogP contribution in [0.15, 0.2) is 42.5 Å². The molecule has 0 saturated heterocycles. The second-order valence-electron chi connectivity index (χ2n) is 4.71. The third-order valence-corrected chi connectivity index (χ3v) is 3.27. The van der Waals surface area contributed by atoms with Crippen LogP contribution in [0.1, 0.15) is 30.9 Å². The first-order valence-corrected chi connectivity index (χ1v) is 6.54. The van der Waals surface area contributed by atoms with E-state index in [2.05, 4.69) is 31.3 Å². The number of anilines is 2. The first-order chi connectivity index (χ1) is 9.10. The van der Waals surface area contributed by atoms with E-state index in [0.29, 0.717) is 16.5 Å². The van der Waals surface area contributed by atoms with E-state index in [4.69, 9.17) is 16.9 Å². The Labute approximate surface area is 118 Å². The summed E-state index contributed by atoms with van der Waals surface area (Å²) in [6, 6.07) is 15.7. The molecule has 0 heterocycles. The molecule has 0 aliphatic carbocycles. The zero-order valence-electron chi connectivity index (χ0n) is 10.9. The van der Waals surface area contributed by atoms with Crippen molar-refractivity contribution in [1.82, 2.24) is 0 Å². The van der Waals surface area contributed by atoms with Crippen LogP contribution in [0.3, 0.4) is 0 Å². The van der Waals surface area contributed by atoms with E-state index in [1.807, 2.05) is 24.3 Å². The van der Waals surface area contributed by atoms with Crippen LogP contribution in [-0.4, -0.2) is 0 Å². The van der Waals surface area contributed by atoms with E-state index in [1.165, 1.54) is 5.56 Å². The molecule has 2 aromatic rings. The molecule has 0 aliphatic rings. The standard InChI is InChI=1S/C16H15ClN2/c1-11(2)12-3-6-14(7-4-12)19-15-8-5-13(10-18)16(17)9-15/h3-9,11,19H,1-2H3. The average molecular weight is 271 g/mol. The van der Waals surface area contributed by atoms with E-state index in [-0.39, 0.29) is 0 Å². The van der Waals surface area contributed by atoms with Crippen LogP contribution in [0.4, 0.5) is 11.4 Å². The fourth-order valence-electron chi connectivity index (χ4n) is 1.80. The van der Waals surface area contributed by atoms with Gasteiger partial charge in [0.15, 0.2) is 0 Å². The number of benzene rings is 2. The van der Waals surface area contributed by atoms with Crippen molar-refractivity contribution in [2.24, 2.45) is 0 Å². The molecule has 0 unspecified atom stereocenters. The number of halogens is 1. The lowest BCUT2D eigenvalue weighted by molar-refractivity contribution is 0.867. The minimum absolute atomic E-state index is 0.464. The van der Waals surface area contributed by atoms with Crippen LogP contribution in [0.2, 0.25) is 5.02 Å². The molecule has 3 heteroatoms. The highest BCUT2D eigenvalue weighted by atomic mass is 35.5. The fraction of sp³-hybridized carbons (Fsp3) is 0.188. The molecule has 2 rings (SSSR count). The number of rotatable bonds is 3. The van der Waals surface area contributed by atoms with E-state index < -0.39 is 0 Å². The monoisotopic (exact) mass is 270 g/mol. The fourth-order valence-corrected chi connectivity index (χ4v) is 2.02. The van der Waals surface area contributed by atoms with Gasteiger partial charge in [-0.15, -0.1) is 0 Å². The maximum atomic E-state index is 8.83. The lowest BCUT2D eigenvalue weighted by Gasteiger charge is -2.10. The van der Waals surface area contributed by atoms with Crippen LogP contribution in [0, 0.1) is 11.3 Å². The minimum Gasteiger partial charge on any atom is -0.355 e. The molecule has 0 atom stereocenters. The number of nitriles is 1. The molecule has 0 aromatic heterocycles. The summed E-state index contributed by atoms with van der Waals surface area (Å²) < 4.78 is 0. The Balaban J connectivity index is 2.17. The molecule has 2 nitrogen and oxygen atoms in total. The predicted molar refractivity (Wildman–Crippen MR) is 80.0 cm³/mol. The van der Waals surface area contributed by atoms with Crippen LogP contribution >= 0.6 is 11.6 Å². The quantitative estimate of drug-likeness (QED) is 0.844. The first-order valence-electron chi connectivity index (χ1n) is 6.17. The molecule has 0 amide bonds. The Kier molecular flexibility index (Phi) is 4.09. The van der Waals surface area contributed by atoms with Crippen molar-refractivity contribution in [2.75, 3.05) is 5.32 Å². The molecular weight excluding hydrogens is 256 g/mol. The van der Waals surface area contributed by atoms with Gasteiger partial charge in [0.2, 0.25) is 0 Å². The van der Waals surface area contributed by atoms with Gasteiger partial charge in [0.25, 0.3) is 0 Å². The largest absolute Gasteiger partial charge is 0.355 e. The van der Waals surface area contributed by atoms with Crippen molar-refractivity contribution >= 4 is 23.0 Å². The molecule has 0 spiro atoms.